The number of hydrogen-bond donors (Lipinski definition) is 0. The van der Waals surface area contributed by atoms with Crippen molar-refractivity contribution in [1.29, 1.82) is 0 Å². The summed E-state index contributed by atoms with van der Waals surface area (Å²) in [5, 5.41) is 0. The molecule has 24 heavy (non-hydrogen) atoms. The maximum absolute atomic E-state index is 11.9. The highest BCUT2D eigenvalue weighted by Crippen LogP contribution is 2.07. The van der Waals surface area contributed by atoms with Gasteiger partial charge < -0.3 is 14.0 Å². The van der Waals surface area contributed by atoms with E-state index in [2.05, 4.69) is 0 Å². The molecule has 0 atom stereocenters. The number of aryl methyl sites for hydroxylation is 1. The maximum atomic E-state index is 11.9. The van der Waals surface area contributed by atoms with Gasteiger partial charge in [-0.2, -0.15) is 0 Å². The second kappa shape index (κ2) is 9.47. The van der Waals surface area contributed by atoms with E-state index in [0.717, 1.165) is 11.1 Å². The minimum absolute atomic E-state index is 0.142. The number of hydrogen-bond acceptors (Lipinski definition) is 4. The molecule has 1 aromatic heterocycles. The Morgan fingerprint density at radius 1 is 1.04 bits per heavy atom. The lowest BCUT2D eigenvalue weighted by Crippen LogP contribution is -2.21. The fraction of sp³-hybridized carbons (Fsp3) is 0.263. The number of benzene rings is 1. The molecular weight excluding hydrogens is 306 g/mol. The average Bonchev–Trinajstić information content (AvgIpc) is 2.61. The van der Waals surface area contributed by atoms with Crippen LogP contribution in [-0.4, -0.2) is 30.9 Å². The summed E-state index contributed by atoms with van der Waals surface area (Å²) in [5.41, 5.74) is 1.83. The Labute approximate surface area is 141 Å². The summed E-state index contributed by atoms with van der Waals surface area (Å²) in [6.45, 7) is 0.882. The number of ether oxygens (including phenoxy) is 2. The number of methoxy groups -OCH3 is 1. The molecular formula is C19H21NO4. The SMILES string of the molecule is COCCOC(=O)CCn1cc(/C=C/c2ccccc2)ccc1=O. The van der Waals surface area contributed by atoms with E-state index in [4.69, 9.17) is 9.47 Å². The van der Waals surface area contributed by atoms with E-state index in [0.29, 0.717) is 6.61 Å². The van der Waals surface area contributed by atoms with E-state index in [9.17, 15) is 9.59 Å². The first-order valence-corrected chi connectivity index (χ1v) is 7.77. The van der Waals surface area contributed by atoms with Gasteiger partial charge in [-0.1, -0.05) is 42.5 Å². The zero-order valence-electron chi connectivity index (χ0n) is 13.7. The number of carbonyl (C=O) groups excluding carboxylic acids is 1. The summed E-state index contributed by atoms with van der Waals surface area (Å²) in [4.78, 5) is 23.5. The van der Waals surface area contributed by atoms with E-state index >= 15 is 0 Å². The van der Waals surface area contributed by atoms with Crippen molar-refractivity contribution in [1.82, 2.24) is 4.57 Å². The summed E-state index contributed by atoms with van der Waals surface area (Å²) in [7, 11) is 1.54. The lowest BCUT2D eigenvalue weighted by molar-refractivity contribution is -0.145. The Hall–Kier alpha value is -2.66. The van der Waals surface area contributed by atoms with Crippen LogP contribution in [0.5, 0.6) is 0 Å². The zero-order valence-corrected chi connectivity index (χ0v) is 13.7. The minimum Gasteiger partial charge on any atom is -0.463 e. The summed E-state index contributed by atoms with van der Waals surface area (Å²) < 4.78 is 11.3. The molecule has 2 aromatic rings. The topological polar surface area (TPSA) is 57.5 Å². The van der Waals surface area contributed by atoms with Crippen LogP contribution in [0.15, 0.2) is 53.5 Å². The van der Waals surface area contributed by atoms with Gasteiger partial charge >= 0.3 is 5.97 Å². The van der Waals surface area contributed by atoms with Crippen LogP contribution in [-0.2, 0) is 20.8 Å². The van der Waals surface area contributed by atoms with Gasteiger partial charge in [0.25, 0.3) is 5.56 Å². The molecule has 0 fully saturated rings. The molecule has 2 rings (SSSR count). The molecule has 5 heteroatoms. The molecule has 0 spiro atoms. The van der Waals surface area contributed by atoms with E-state index in [1.165, 1.54) is 10.6 Å². The molecule has 1 aromatic carbocycles. The lowest BCUT2D eigenvalue weighted by Gasteiger charge is -2.07. The molecule has 0 bridgehead atoms. The molecule has 1 heterocycles. The van der Waals surface area contributed by atoms with Crippen molar-refractivity contribution in [3.8, 4) is 0 Å². The van der Waals surface area contributed by atoms with Crippen LogP contribution in [0.4, 0.5) is 0 Å². The molecule has 126 valence electrons. The second-order valence-electron chi connectivity index (χ2n) is 5.20. The summed E-state index contributed by atoms with van der Waals surface area (Å²) >= 11 is 0. The molecule has 0 saturated carbocycles. The molecule has 0 N–H and O–H groups in total. The van der Waals surface area contributed by atoms with Crippen LogP contribution < -0.4 is 5.56 Å². The Morgan fingerprint density at radius 2 is 1.79 bits per heavy atom. The highest BCUT2D eigenvalue weighted by atomic mass is 16.6. The van der Waals surface area contributed by atoms with E-state index in [1.54, 1.807) is 19.4 Å². The third-order valence-corrected chi connectivity index (χ3v) is 3.38. The van der Waals surface area contributed by atoms with Gasteiger partial charge in [-0.25, -0.2) is 0 Å². The summed E-state index contributed by atoms with van der Waals surface area (Å²) in [5.74, 6) is -0.343. The van der Waals surface area contributed by atoms with Crippen molar-refractivity contribution < 1.29 is 14.3 Å². The number of rotatable bonds is 8. The van der Waals surface area contributed by atoms with Crippen LogP contribution in [0.1, 0.15) is 17.5 Å². The molecule has 0 radical (unpaired) electrons. The minimum atomic E-state index is -0.343. The van der Waals surface area contributed by atoms with Gasteiger partial charge in [-0.05, 0) is 17.2 Å². The van der Waals surface area contributed by atoms with Crippen LogP contribution in [0, 0.1) is 0 Å². The third-order valence-electron chi connectivity index (χ3n) is 3.38. The van der Waals surface area contributed by atoms with E-state index in [-0.39, 0.29) is 31.1 Å². The van der Waals surface area contributed by atoms with Gasteiger partial charge in [0.15, 0.2) is 0 Å². The van der Waals surface area contributed by atoms with Gasteiger partial charge in [-0.15, -0.1) is 0 Å². The Balaban J connectivity index is 1.97. The van der Waals surface area contributed by atoms with Gasteiger partial charge in [0.1, 0.15) is 6.61 Å². The smallest absolute Gasteiger partial charge is 0.307 e. The highest BCUT2D eigenvalue weighted by Gasteiger charge is 2.04. The highest BCUT2D eigenvalue weighted by molar-refractivity contribution is 5.70. The first-order valence-electron chi connectivity index (χ1n) is 7.77. The van der Waals surface area contributed by atoms with Crippen LogP contribution in [0.3, 0.4) is 0 Å². The Bertz CT molecular complexity index is 735. The van der Waals surface area contributed by atoms with Crippen molar-refractivity contribution in [2.75, 3.05) is 20.3 Å². The van der Waals surface area contributed by atoms with E-state index < -0.39 is 0 Å². The molecule has 0 aliphatic carbocycles. The molecule has 0 unspecified atom stereocenters. The molecule has 0 aliphatic rings. The number of aromatic nitrogens is 1. The largest absolute Gasteiger partial charge is 0.463 e. The van der Waals surface area contributed by atoms with Gasteiger partial charge in [-0.3, -0.25) is 9.59 Å². The fourth-order valence-electron chi connectivity index (χ4n) is 2.10. The van der Waals surface area contributed by atoms with Crippen LogP contribution in [0.2, 0.25) is 0 Å². The van der Waals surface area contributed by atoms with Gasteiger partial charge in [0.2, 0.25) is 0 Å². The molecule has 0 saturated heterocycles. The predicted molar refractivity (Wildman–Crippen MR) is 93.5 cm³/mol. The van der Waals surface area contributed by atoms with Crippen molar-refractivity contribution in [3.05, 3.63) is 70.1 Å². The Kier molecular flexibility index (Phi) is 6.98. The number of esters is 1. The zero-order chi connectivity index (χ0) is 17.2. The van der Waals surface area contributed by atoms with Crippen LogP contribution in [0.25, 0.3) is 12.2 Å². The third kappa shape index (κ3) is 5.85. The average molecular weight is 327 g/mol. The van der Waals surface area contributed by atoms with Crippen molar-refractivity contribution in [3.63, 3.8) is 0 Å². The second-order valence-corrected chi connectivity index (χ2v) is 5.20. The normalized spacial score (nSPS) is 10.9. The number of nitrogens with zero attached hydrogens (tertiary/aromatic N) is 1. The molecule has 5 nitrogen and oxygen atoms in total. The first-order chi connectivity index (χ1) is 11.7. The van der Waals surface area contributed by atoms with Crippen molar-refractivity contribution >= 4 is 18.1 Å². The first kappa shape index (κ1) is 17.7. The van der Waals surface area contributed by atoms with Gasteiger partial charge in [0.05, 0.1) is 13.0 Å². The van der Waals surface area contributed by atoms with Crippen molar-refractivity contribution in [2.45, 2.75) is 13.0 Å². The maximum Gasteiger partial charge on any atom is 0.307 e. The number of pyridine rings is 1. The molecule has 0 amide bonds. The number of carbonyl (C=O) groups is 1. The van der Waals surface area contributed by atoms with Crippen molar-refractivity contribution in [2.24, 2.45) is 0 Å². The Morgan fingerprint density at radius 3 is 2.54 bits per heavy atom. The fourth-order valence-corrected chi connectivity index (χ4v) is 2.10. The van der Waals surface area contributed by atoms with E-state index in [1.807, 2.05) is 42.5 Å². The predicted octanol–water partition coefficient (Wildman–Crippen LogP) is 2.60. The van der Waals surface area contributed by atoms with Crippen LogP contribution >= 0.6 is 0 Å². The quantitative estimate of drug-likeness (QED) is 0.552. The lowest BCUT2D eigenvalue weighted by atomic mass is 10.2. The molecule has 0 aliphatic heterocycles. The van der Waals surface area contributed by atoms with Gasteiger partial charge in [0, 0.05) is 25.9 Å². The summed E-state index contributed by atoms with van der Waals surface area (Å²) in [6.07, 6.45) is 5.80. The standard InChI is InChI=1S/C19H21NO4/c1-23-13-14-24-19(22)11-12-20-15-17(9-10-18(20)21)8-7-16-5-3-2-4-6-16/h2-10,15H,11-14H2,1H3/b8-7+. The monoisotopic (exact) mass is 327 g/mol. The summed E-state index contributed by atoms with van der Waals surface area (Å²) in [6, 6.07) is 13.2.